The number of aromatic nitrogens is 3. The molecule has 12 N–H and O–H groups in total. The number of hydrogen-bond acceptors (Lipinski definition) is 11. The maximum absolute atomic E-state index is 14.0. The number of likely N-dealkylation sites (N-methyl/N-ethyl adjacent to an activating group) is 1. The van der Waals surface area contributed by atoms with Crippen molar-refractivity contribution in [2.45, 2.75) is 109 Å². The SMILES string of the molecule is CN[C@@H](Cc1ccccc1)C(=O)N[C@@H](Cc1c[nH]c2ccccc12)C(=O)N[C@@H](C)C(=O)N[C@H](C(=O)NCC(=O)N[C@@H](Cc1cnc[nH]1)C(=O)NC(CNC(CCSC)C(N)=O)CC(C)C)C(C)C. The third-order valence-corrected chi connectivity index (χ3v) is 12.0. The van der Waals surface area contributed by atoms with E-state index in [0.29, 0.717) is 25.0 Å². The Balaban J connectivity index is 1.39. The Morgan fingerprint density at radius 3 is 2.04 bits per heavy atom. The number of para-hydroxylation sites is 1. The highest BCUT2D eigenvalue weighted by atomic mass is 32.2. The minimum Gasteiger partial charge on any atom is -0.368 e. The zero-order chi connectivity index (χ0) is 49.8. The molecule has 0 radical (unpaired) electrons. The lowest BCUT2D eigenvalue weighted by Crippen LogP contribution is -2.59. The molecule has 0 saturated carbocycles. The van der Waals surface area contributed by atoms with Crippen molar-refractivity contribution >= 4 is 64.0 Å². The second-order valence-corrected chi connectivity index (χ2v) is 18.7. The van der Waals surface area contributed by atoms with Gasteiger partial charge in [0.2, 0.25) is 41.4 Å². The van der Waals surface area contributed by atoms with E-state index < -0.39 is 96.1 Å². The van der Waals surface area contributed by atoms with E-state index >= 15 is 0 Å². The number of nitrogens with one attached hydrogen (secondary N) is 10. The highest BCUT2D eigenvalue weighted by Crippen LogP contribution is 2.20. The van der Waals surface area contributed by atoms with Gasteiger partial charge in [-0.1, -0.05) is 76.2 Å². The van der Waals surface area contributed by atoms with E-state index in [1.165, 1.54) is 19.4 Å². The molecule has 4 rings (SSSR count). The van der Waals surface area contributed by atoms with E-state index in [9.17, 15) is 33.6 Å². The van der Waals surface area contributed by atoms with Gasteiger partial charge >= 0.3 is 0 Å². The minimum atomic E-state index is -1.14. The van der Waals surface area contributed by atoms with E-state index in [1.54, 1.807) is 38.9 Å². The molecule has 2 unspecified atom stereocenters. The first-order chi connectivity index (χ1) is 32.5. The average Bonchev–Trinajstić information content (AvgIpc) is 3.98. The summed E-state index contributed by atoms with van der Waals surface area (Å²) in [4.78, 5) is 104. The predicted molar refractivity (Wildman–Crippen MR) is 264 cm³/mol. The van der Waals surface area contributed by atoms with Crippen LogP contribution in [0.4, 0.5) is 0 Å². The lowest BCUT2D eigenvalue weighted by atomic mass is 10.0. The van der Waals surface area contributed by atoms with Crippen LogP contribution in [0.2, 0.25) is 0 Å². The van der Waals surface area contributed by atoms with Gasteiger partial charge in [-0.05, 0) is 74.3 Å². The number of benzene rings is 2. The van der Waals surface area contributed by atoms with Gasteiger partial charge in [-0.25, -0.2) is 4.98 Å². The van der Waals surface area contributed by atoms with Crippen LogP contribution >= 0.6 is 11.8 Å². The van der Waals surface area contributed by atoms with Crippen LogP contribution in [0.25, 0.3) is 10.9 Å². The number of amides is 7. The Kier molecular flexibility index (Phi) is 22.0. The van der Waals surface area contributed by atoms with Crippen LogP contribution in [0, 0.1) is 11.8 Å². The molecule has 4 aromatic rings. The van der Waals surface area contributed by atoms with E-state index in [-0.39, 0.29) is 25.3 Å². The highest BCUT2D eigenvalue weighted by molar-refractivity contribution is 7.98. The van der Waals surface area contributed by atoms with E-state index in [1.807, 2.05) is 74.7 Å². The van der Waals surface area contributed by atoms with Crippen molar-refractivity contribution in [2.75, 3.05) is 32.1 Å². The number of fused-ring (bicyclic) bond motifs is 1. The Bertz CT molecular complexity index is 2250. The summed E-state index contributed by atoms with van der Waals surface area (Å²) in [6.45, 7) is 8.68. The van der Waals surface area contributed by atoms with Gasteiger partial charge in [0.1, 0.15) is 24.2 Å². The first-order valence-corrected chi connectivity index (χ1v) is 24.4. The molecule has 7 amide bonds. The predicted octanol–water partition coefficient (Wildman–Crippen LogP) is 0.966. The Hall–Kier alpha value is -6.25. The molecule has 0 bridgehead atoms. The summed E-state index contributed by atoms with van der Waals surface area (Å²) in [5.41, 5.74) is 8.80. The number of nitrogens with zero attached hydrogens (tertiary/aromatic N) is 1. The largest absolute Gasteiger partial charge is 0.368 e. The van der Waals surface area contributed by atoms with Gasteiger partial charge < -0.3 is 58.2 Å². The summed E-state index contributed by atoms with van der Waals surface area (Å²) in [5, 5.41) is 23.7. The quantitative estimate of drug-likeness (QED) is 0.0365. The smallest absolute Gasteiger partial charge is 0.243 e. The topological polar surface area (TPSA) is 286 Å². The number of aromatic amines is 2. The van der Waals surface area contributed by atoms with Crippen molar-refractivity contribution in [3.8, 4) is 0 Å². The van der Waals surface area contributed by atoms with Gasteiger partial charge in [-0.3, -0.25) is 33.6 Å². The van der Waals surface area contributed by atoms with Crippen LogP contribution in [0.3, 0.4) is 0 Å². The molecule has 20 heteroatoms. The third kappa shape index (κ3) is 17.4. The van der Waals surface area contributed by atoms with Gasteiger partial charge in [0.05, 0.1) is 25.0 Å². The summed E-state index contributed by atoms with van der Waals surface area (Å²) in [6.07, 6.45) is 8.38. The van der Waals surface area contributed by atoms with Gasteiger partial charge in [-0.15, -0.1) is 0 Å². The Morgan fingerprint density at radius 2 is 1.40 bits per heavy atom. The number of rotatable bonds is 29. The van der Waals surface area contributed by atoms with Crippen LogP contribution < -0.4 is 48.3 Å². The zero-order valence-corrected chi connectivity index (χ0v) is 40.9. The number of carbonyl (C=O) groups is 7. The van der Waals surface area contributed by atoms with E-state index in [2.05, 4.69) is 57.5 Å². The maximum Gasteiger partial charge on any atom is 0.243 e. The maximum atomic E-state index is 14.0. The second-order valence-electron chi connectivity index (χ2n) is 17.7. The molecule has 2 aromatic heterocycles. The van der Waals surface area contributed by atoms with Gasteiger partial charge in [0, 0.05) is 54.4 Å². The number of thioether (sulfide) groups is 1. The number of H-pyrrole nitrogens is 2. The lowest BCUT2D eigenvalue weighted by molar-refractivity contribution is -0.134. The average molecular weight is 959 g/mol. The van der Waals surface area contributed by atoms with Crippen molar-refractivity contribution in [1.82, 2.24) is 57.5 Å². The molecular weight excluding hydrogens is 889 g/mol. The fraction of sp³-hybridized carbons (Fsp3) is 0.500. The van der Waals surface area contributed by atoms with Crippen molar-refractivity contribution in [3.63, 3.8) is 0 Å². The first-order valence-electron chi connectivity index (χ1n) is 23.0. The van der Waals surface area contributed by atoms with E-state index in [4.69, 9.17) is 5.73 Å². The number of nitrogens with two attached hydrogens (primary N) is 1. The molecule has 0 aliphatic carbocycles. The summed E-state index contributed by atoms with van der Waals surface area (Å²) in [5.74, 6) is -3.49. The third-order valence-electron chi connectivity index (χ3n) is 11.4. The highest BCUT2D eigenvalue weighted by Gasteiger charge is 2.32. The molecule has 68 heavy (non-hydrogen) atoms. The molecule has 2 heterocycles. The van der Waals surface area contributed by atoms with Crippen LogP contribution in [0.15, 0.2) is 73.3 Å². The molecule has 0 saturated heterocycles. The molecule has 0 fully saturated rings. The summed E-state index contributed by atoms with van der Waals surface area (Å²) in [7, 11) is 1.67. The number of primary amides is 1. The van der Waals surface area contributed by atoms with Gasteiger partial charge in [-0.2, -0.15) is 11.8 Å². The molecule has 19 nitrogen and oxygen atoms in total. The van der Waals surface area contributed by atoms with Gasteiger partial charge in [0.25, 0.3) is 0 Å². The van der Waals surface area contributed by atoms with Crippen molar-refractivity contribution < 1.29 is 33.6 Å². The molecule has 0 aliphatic heterocycles. The number of hydrogen-bond donors (Lipinski definition) is 11. The van der Waals surface area contributed by atoms with Gasteiger partial charge in [0.15, 0.2) is 0 Å². The summed E-state index contributed by atoms with van der Waals surface area (Å²) >= 11 is 1.59. The van der Waals surface area contributed by atoms with Crippen molar-refractivity contribution in [3.05, 3.63) is 90.1 Å². The van der Waals surface area contributed by atoms with Crippen LogP contribution in [-0.2, 0) is 52.8 Å². The second kappa shape index (κ2) is 27.5. The van der Waals surface area contributed by atoms with Crippen LogP contribution in [-0.4, -0.2) is 131 Å². The molecular formula is C48H70N12O7S. The Morgan fingerprint density at radius 1 is 0.721 bits per heavy atom. The monoisotopic (exact) mass is 959 g/mol. The Labute approximate surface area is 402 Å². The fourth-order valence-corrected chi connectivity index (χ4v) is 8.12. The van der Waals surface area contributed by atoms with Crippen molar-refractivity contribution in [2.24, 2.45) is 17.6 Å². The molecule has 0 spiro atoms. The summed E-state index contributed by atoms with van der Waals surface area (Å²) in [6, 6.07) is 11.1. The van der Waals surface area contributed by atoms with Crippen LogP contribution in [0.1, 0.15) is 64.3 Å². The normalized spacial score (nSPS) is 14.5. The lowest BCUT2D eigenvalue weighted by Gasteiger charge is -2.27. The van der Waals surface area contributed by atoms with Crippen molar-refractivity contribution in [1.29, 1.82) is 0 Å². The van der Waals surface area contributed by atoms with E-state index in [0.717, 1.165) is 27.8 Å². The molecule has 2 aromatic carbocycles. The zero-order valence-electron chi connectivity index (χ0n) is 40.1. The number of imidazole rings is 1. The first kappa shape index (κ1) is 54.4. The molecule has 370 valence electrons. The standard InChI is InChI=1S/C48H70N12O7S/c1-28(2)19-34(25-53-37(43(49)62)17-18-68-7)57-47(66)40(22-33-24-51-27-55-33)58-41(61)26-54-48(67)42(29(3)4)60-44(63)30(5)56-46(65)39(21-32-23-52-36-16-12-11-15-35(32)36)59-45(64)38(50-6)20-31-13-9-8-10-14-31/h8-16,23-24,27-30,34,37-40,42,50,52-53H,17-22,25-26H2,1-7H3,(H2,49,62)(H,51,55)(H,54,67)(H,56,65)(H,57,66)(H,58,61)(H,59,64)(H,60,63)/t30-,34?,37?,38-,39-,40-,42-/m0/s1. The number of carbonyl (C=O) groups excluding carboxylic acids is 7. The molecule has 0 aliphatic rings. The fourth-order valence-electron chi connectivity index (χ4n) is 7.65. The summed E-state index contributed by atoms with van der Waals surface area (Å²) < 4.78 is 0. The minimum absolute atomic E-state index is 0.0648. The molecule has 7 atom stereocenters. The van der Waals surface area contributed by atoms with Crippen LogP contribution in [0.5, 0.6) is 0 Å².